The highest BCUT2D eigenvalue weighted by Crippen LogP contribution is 2.28. The predicted octanol–water partition coefficient (Wildman–Crippen LogP) is 4.22. The fourth-order valence-corrected chi connectivity index (χ4v) is 4.35. The van der Waals surface area contributed by atoms with Crippen LogP contribution in [0.2, 0.25) is 0 Å². The molecule has 0 unspecified atom stereocenters. The fraction of sp³-hybridized carbons (Fsp3) is 0.217. The maximum absolute atomic E-state index is 12.9. The van der Waals surface area contributed by atoms with Gasteiger partial charge < -0.3 is 18.9 Å². The third-order valence-electron chi connectivity index (χ3n) is 5.60. The molecule has 0 N–H and O–H groups in total. The van der Waals surface area contributed by atoms with Crippen LogP contribution in [0.1, 0.15) is 10.4 Å². The summed E-state index contributed by atoms with van der Waals surface area (Å²) in [5.41, 5.74) is 3.79. The number of amides is 1. The van der Waals surface area contributed by atoms with Crippen LogP contribution in [0.4, 0.5) is 5.82 Å². The zero-order valence-corrected chi connectivity index (χ0v) is 18.2. The van der Waals surface area contributed by atoms with Gasteiger partial charge in [-0.15, -0.1) is 0 Å². The maximum atomic E-state index is 12.9. The largest absolute Gasteiger partial charge is 0.497 e. The molecule has 7 heteroatoms. The Hall–Kier alpha value is -3.06. The molecular weight excluding hydrogens is 444 g/mol. The molecule has 0 aliphatic carbocycles. The molecule has 4 aromatic rings. The van der Waals surface area contributed by atoms with E-state index in [4.69, 9.17) is 9.72 Å². The number of piperazine rings is 1. The third kappa shape index (κ3) is 3.29. The van der Waals surface area contributed by atoms with Crippen LogP contribution in [-0.2, 0) is 0 Å². The lowest BCUT2D eigenvalue weighted by Crippen LogP contribution is -2.49. The Labute approximate surface area is 182 Å². The predicted molar refractivity (Wildman–Crippen MR) is 122 cm³/mol. The average molecular weight is 465 g/mol. The van der Waals surface area contributed by atoms with E-state index in [9.17, 15) is 4.79 Å². The number of hydrogen-bond acceptors (Lipinski definition) is 4. The van der Waals surface area contributed by atoms with E-state index < -0.39 is 0 Å². The van der Waals surface area contributed by atoms with Crippen LogP contribution in [0.3, 0.4) is 0 Å². The molecule has 0 atom stereocenters. The summed E-state index contributed by atoms with van der Waals surface area (Å²) < 4.78 is 8.37. The molecular formula is C23H21BrN4O2. The van der Waals surface area contributed by atoms with Crippen molar-refractivity contribution < 1.29 is 9.53 Å². The zero-order valence-electron chi connectivity index (χ0n) is 16.6. The van der Waals surface area contributed by atoms with Gasteiger partial charge in [0.25, 0.3) is 5.91 Å². The number of halogens is 1. The topological polar surface area (TPSA) is 50.1 Å². The number of rotatable bonds is 3. The maximum Gasteiger partial charge on any atom is 0.253 e. The Morgan fingerprint density at radius 3 is 2.50 bits per heavy atom. The molecule has 2 aromatic carbocycles. The molecule has 30 heavy (non-hydrogen) atoms. The number of anilines is 1. The zero-order chi connectivity index (χ0) is 20.7. The summed E-state index contributed by atoms with van der Waals surface area (Å²) >= 11 is 3.55. The van der Waals surface area contributed by atoms with E-state index in [1.165, 1.54) is 0 Å². The second-order valence-corrected chi connectivity index (χ2v) is 8.26. The van der Waals surface area contributed by atoms with Gasteiger partial charge >= 0.3 is 0 Å². The standard InChI is InChI=1S/C23H21BrN4O2/c1-30-18-7-4-16(5-8-18)23(29)27-13-11-26(12-14-27)22-21-3-2-10-28(21)20-9-6-17(24)15-19(20)25-22/h2-10,15H,11-14H2,1H3. The average Bonchev–Trinajstić information content (AvgIpc) is 3.28. The molecule has 1 fully saturated rings. The van der Waals surface area contributed by atoms with Crippen molar-refractivity contribution in [1.29, 1.82) is 0 Å². The van der Waals surface area contributed by atoms with E-state index in [1.807, 2.05) is 47.4 Å². The first-order chi connectivity index (χ1) is 14.6. The summed E-state index contributed by atoms with van der Waals surface area (Å²) in [6.45, 7) is 2.82. The molecule has 1 aliphatic rings. The van der Waals surface area contributed by atoms with Crippen molar-refractivity contribution in [2.45, 2.75) is 0 Å². The van der Waals surface area contributed by atoms with E-state index in [0.717, 1.165) is 45.7 Å². The lowest BCUT2D eigenvalue weighted by Gasteiger charge is -2.36. The number of ether oxygens (including phenoxy) is 1. The van der Waals surface area contributed by atoms with Crippen LogP contribution in [0, 0.1) is 0 Å². The molecule has 6 nitrogen and oxygen atoms in total. The van der Waals surface area contributed by atoms with Crippen LogP contribution in [-0.4, -0.2) is 53.5 Å². The van der Waals surface area contributed by atoms with Crippen LogP contribution < -0.4 is 9.64 Å². The summed E-state index contributed by atoms with van der Waals surface area (Å²) in [6.07, 6.45) is 2.07. The number of hydrogen-bond donors (Lipinski definition) is 0. The molecule has 1 amide bonds. The quantitative estimate of drug-likeness (QED) is 0.455. The van der Waals surface area contributed by atoms with Crippen molar-refractivity contribution in [1.82, 2.24) is 14.3 Å². The normalized spacial score (nSPS) is 14.5. The summed E-state index contributed by atoms with van der Waals surface area (Å²) in [5, 5.41) is 0. The Kier molecular flexibility index (Phi) is 4.83. The van der Waals surface area contributed by atoms with Gasteiger partial charge in [-0.05, 0) is 54.6 Å². The van der Waals surface area contributed by atoms with Crippen molar-refractivity contribution in [3.63, 3.8) is 0 Å². The van der Waals surface area contributed by atoms with Crippen LogP contribution in [0.25, 0.3) is 16.6 Å². The monoisotopic (exact) mass is 464 g/mol. The number of aromatic nitrogens is 2. The van der Waals surface area contributed by atoms with E-state index in [-0.39, 0.29) is 5.91 Å². The Bertz CT molecular complexity index is 1230. The van der Waals surface area contributed by atoms with Gasteiger partial charge in [-0.1, -0.05) is 15.9 Å². The van der Waals surface area contributed by atoms with Crippen molar-refractivity contribution >= 4 is 44.2 Å². The minimum absolute atomic E-state index is 0.0561. The van der Waals surface area contributed by atoms with Gasteiger partial charge in [-0.2, -0.15) is 0 Å². The lowest BCUT2D eigenvalue weighted by molar-refractivity contribution is 0.0746. The highest BCUT2D eigenvalue weighted by atomic mass is 79.9. The molecule has 0 spiro atoms. The molecule has 5 rings (SSSR count). The number of fused-ring (bicyclic) bond motifs is 3. The first kappa shape index (κ1) is 18.9. The molecule has 0 bridgehead atoms. The van der Waals surface area contributed by atoms with Crippen LogP contribution >= 0.6 is 15.9 Å². The third-order valence-corrected chi connectivity index (χ3v) is 6.10. The molecule has 2 aromatic heterocycles. The molecule has 3 heterocycles. The van der Waals surface area contributed by atoms with E-state index in [1.54, 1.807) is 7.11 Å². The Morgan fingerprint density at radius 2 is 1.77 bits per heavy atom. The summed E-state index contributed by atoms with van der Waals surface area (Å²) in [5.74, 6) is 1.77. The molecule has 1 aliphatic heterocycles. The second kappa shape index (κ2) is 7.65. The van der Waals surface area contributed by atoms with Crippen molar-refractivity contribution in [3.05, 3.63) is 70.8 Å². The Balaban J connectivity index is 1.39. The van der Waals surface area contributed by atoms with Gasteiger partial charge in [-0.3, -0.25) is 4.79 Å². The van der Waals surface area contributed by atoms with Crippen molar-refractivity contribution in [2.75, 3.05) is 38.2 Å². The number of carbonyl (C=O) groups excluding carboxylic acids is 1. The minimum atomic E-state index is 0.0561. The first-order valence-corrected chi connectivity index (χ1v) is 10.7. The van der Waals surface area contributed by atoms with Gasteiger partial charge in [0.1, 0.15) is 5.75 Å². The molecule has 0 saturated carbocycles. The van der Waals surface area contributed by atoms with Crippen molar-refractivity contribution in [3.8, 4) is 5.75 Å². The van der Waals surface area contributed by atoms with Gasteiger partial charge in [0.05, 0.1) is 23.7 Å². The second-order valence-electron chi connectivity index (χ2n) is 7.34. The van der Waals surface area contributed by atoms with Crippen molar-refractivity contribution in [2.24, 2.45) is 0 Å². The molecule has 1 saturated heterocycles. The summed E-state index contributed by atoms with van der Waals surface area (Å²) in [4.78, 5) is 22.0. The van der Waals surface area contributed by atoms with Gasteiger partial charge in [0.2, 0.25) is 0 Å². The number of nitrogens with zero attached hydrogens (tertiary/aromatic N) is 4. The number of carbonyl (C=O) groups is 1. The fourth-order valence-electron chi connectivity index (χ4n) is 4.00. The smallest absolute Gasteiger partial charge is 0.253 e. The van der Waals surface area contributed by atoms with E-state index in [0.29, 0.717) is 18.7 Å². The van der Waals surface area contributed by atoms with Crippen LogP contribution in [0.5, 0.6) is 5.75 Å². The number of benzene rings is 2. The van der Waals surface area contributed by atoms with Gasteiger partial charge in [0.15, 0.2) is 5.82 Å². The highest BCUT2D eigenvalue weighted by molar-refractivity contribution is 9.10. The Morgan fingerprint density at radius 1 is 1.00 bits per heavy atom. The summed E-state index contributed by atoms with van der Waals surface area (Å²) in [6, 6.07) is 17.6. The molecule has 0 radical (unpaired) electrons. The first-order valence-electron chi connectivity index (χ1n) is 9.88. The minimum Gasteiger partial charge on any atom is -0.497 e. The SMILES string of the molecule is COc1ccc(C(=O)N2CCN(c3nc4cc(Br)ccc4n4cccc34)CC2)cc1. The van der Waals surface area contributed by atoms with Crippen LogP contribution in [0.15, 0.2) is 65.3 Å². The van der Waals surface area contributed by atoms with E-state index in [2.05, 4.69) is 43.6 Å². The van der Waals surface area contributed by atoms with Gasteiger partial charge in [0, 0.05) is 42.4 Å². The lowest BCUT2D eigenvalue weighted by atomic mass is 10.1. The number of methoxy groups -OCH3 is 1. The van der Waals surface area contributed by atoms with E-state index >= 15 is 0 Å². The van der Waals surface area contributed by atoms with Gasteiger partial charge in [-0.25, -0.2) is 4.98 Å². The highest BCUT2D eigenvalue weighted by Gasteiger charge is 2.24. The summed E-state index contributed by atoms with van der Waals surface area (Å²) in [7, 11) is 1.62. The molecule has 152 valence electrons.